The van der Waals surface area contributed by atoms with Gasteiger partial charge < -0.3 is 10.1 Å². The fraction of sp³-hybridized carbons (Fsp3) is 0.353. The second-order valence-corrected chi connectivity index (χ2v) is 7.06. The average Bonchev–Trinajstić information content (AvgIpc) is 2.96. The molecule has 0 saturated heterocycles. The van der Waals surface area contributed by atoms with Crippen molar-refractivity contribution in [2.75, 3.05) is 18.7 Å². The van der Waals surface area contributed by atoms with Gasteiger partial charge in [0.25, 0.3) is 0 Å². The molecule has 2 rings (SSSR count). The number of unbranched alkanes of at least 4 members (excludes halogenated alkanes) is 1. The van der Waals surface area contributed by atoms with Crippen molar-refractivity contribution in [3.05, 3.63) is 40.8 Å². The van der Waals surface area contributed by atoms with Gasteiger partial charge in [-0.1, -0.05) is 25.5 Å². The monoisotopic (exact) mass is 335 g/mol. The number of nitrogens with one attached hydrogen (secondary N) is 1. The second-order valence-electron chi connectivity index (χ2n) is 4.93. The van der Waals surface area contributed by atoms with Gasteiger partial charge in [-0.05, 0) is 42.9 Å². The first-order chi connectivity index (χ1) is 10.7. The van der Waals surface area contributed by atoms with Gasteiger partial charge in [0.05, 0.1) is 17.0 Å². The number of hydrogen-bond acceptors (Lipinski definition) is 5. The van der Waals surface area contributed by atoms with Gasteiger partial charge in [0.2, 0.25) is 0 Å². The Morgan fingerprint density at radius 2 is 2.05 bits per heavy atom. The molecular formula is C17H21NO2S2. The number of thiophene rings is 1. The highest BCUT2D eigenvalue weighted by Crippen LogP contribution is 2.36. The highest BCUT2D eigenvalue weighted by Gasteiger charge is 2.14. The number of aryl methyl sites for hydroxylation is 1. The van der Waals surface area contributed by atoms with Crippen LogP contribution in [0.2, 0.25) is 0 Å². The minimum atomic E-state index is -0.289. The van der Waals surface area contributed by atoms with Crippen LogP contribution < -0.4 is 5.32 Å². The fourth-order valence-corrected chi connectivity index (χ4v) is 3.80. The summed E-state index contributed by atoms with van der Waals surface area (Å²) in [5, 5.41) is 3.39. The number of esters is 1. The van der Waals surface area contributed by atoms with E-state index in [4.69, 9.17) is 4.74 Å². The van der Waals surface area contributed by atoms with Gasteiger partial charge in [0, 0.05) is 5.69 Å². The highest BCUT2D eigenvalue weighted by molar-refractivity contribution is 8.00. The van der Waals surface area contributed by atoms with Crippen molar-refractivity contribution in [3.8, 4) is 0 Å². The van der Waals surface area contributed by atoms with Crippen molar-refractivity contribution in [2.45, 2.75) is 30.4 Å². The number of hydrogen-bond donors (Lipinski definition) is 1. The summed E-state index contributed by atoms with van der Waals surface area (Å²) in [6.45, 7) is 2.20. The third-order valence-electron chi connectivity index (χ3n) is 3.32. The van der Waals surface area contributed by atoms with Gasteiger partial charge >= 0.3 is 5.97 Å². The van der Waals surface area contributed by atoms with Gasteiger partial charge in [-0.15, -0.1) is 23.1 Å². The molecule has 0 radical (unpaired) electrons. The first-order valence-corrected chi connectivity index (χ1v) is 9.34. The van der Waals surface area contributed by atoms with E-state index < -0.39 is 0 Å². The maximum atomic E-state index is 11.6. The van der Waals surface area contributed by atoms with E-state index in [1.165, 1.54) is 36.9 Å². The van der Waals surface area contributed by atoms with Crippen LogP contribution in [-0.2, 0) is 11.2 Å². The second kappa shape index (κ2) is 8.25. The Balaban J connectivity index is 2.12. The van der Waals surface area contributed by atoms with Crippen LogP contribution in [0.3, 0.4) is 0 Å². The number of carbonyl (C=O) groups excluding carboxylic acids is 1. The Morgan fingerprint density at radius 3 is 2.64 bits per heavy atom. The molecule has 0 unspecified atom stereocenters. The molecule has 0 aliphatic carbocycles. The summed E-state index contributed by atoms with van der Waals surface area (Å²) in [6.07, 6.45) is 5.56. The van der Waals surface area contributed by atoms with Crippen molar-refractivity contribution in [2.24, 2.45) is 0 Å². The van der Waals surface area contributed by atoms with E-state index in [2.05, 4.69) is 36.5 Å². The SMILES string of the molecule is CCCCc1ccc(Nc2cc(C(=O)OC)sc2SC)cc1. The molecule has 1 heterocycles. The van der Waals surface area contributed by atoms with Crippen LogP contribution in [-0.4, -0.2) is 19.3 Å². The molecule has 0 aliphatic rings. The first-order valence-electron chi connectivity index (χ1n) is 7.30. The van der Waals surface area contributed by atoms with Crippen molar-refractivity contribution < 1.29 is 9.53 Å². The summed E-state index contributed by atoms with van der Waals surface area (Å²) in [6, 6.07) is 10.3. The fourth-order valence-electron chi connectivity index (χ4n) is 2.11. The lowest BCUT2D eigenvalue weighted by atomic mass is 10.1. The van der Waals surface area contributed by atoms with Crippen molar-refractivity contribution in [1.29, 1.82) is 0 Å². The average molecular weight is 335 g/mol. The van der Waals surface area contributed by atoms with Crippen molar-refractivity contribution in [1.82, 2.24) is 0 Å². The summed E-state index contributed by atoms with van der Waals surface area (Å²) in [5.74, 6) is -0.289. The third-order valence-corrected chi connectivity index (χ3v) is 5.57. The topological polar surface area (TPSA) is 38.3 Å². The van der Waals surface area contributed by atoms with Crippen LogP contribution >= 0.6 is 23.1 Å². The Bertz CT molecular complexity index is 620. The molecule has 22 heavy (non-hydrogen) atoms. The van der Waals surface area contributed by atoms with Crippen LogP contribution in [0.5, 0.6) is 0 Å². The zero-order valence-corrected chi connectivity index (χ0v) is 14.8. The number of rotatable bonds is 7. The number of thioether (sulfide) groups is 1. The van der Waals surface area contributed by atoms with Gasteiger partial charge in [0.15, 0.2) is 0 Å². The maximum absolute atomic E-state index is 11.6. The summed E-state index contributed by atoms with van der Waals surface area (Å²) in [5.41, 5.74) is 3.35. The molecule has 3 nitrogen and oxygen atoms in total. The normalized spacial score (nSPS) is 10.5. The van der Waals surface area contributed by atoms with E-state index in [9.17, 15) is 4.79 Å². The van der Waals surface area contributed by atoms with Crippen LogP contribution in [0.1, 0.15) is 35.0 Å². The predicted octanol–water partition coefficient (Wildman–Crippen LogP) is 5.34. The molecule has 0 aliphatic heterocycles. The van der Waals surface area contributed by atoms with E-state index in [1.807, 2.05) is 12.3 Å². The Labute approximate surface area is 140 Å². The maximum Gasteiger partial charge on any atom is 0.348 e. The molecule has 5 heteroatoms. The summed E-state index contributed by atoms with van der Waals surface area (Å²) in [7, 11) is 1.41. The molecule has 1 N–H and O–H groups in total. The molecular weight excluding hydrogens is 314 g/mol. The van der Waals surface area contributed by atoms with Crippen LogP contribution in [0.25, 0.3) is 0 Å². The standard InChI is InChI=1S/C17H21NO2S2/c1-4-5-6-12-7-9-13(10-8-12)18-14-11-15(16(19)20-2)22-17(14)21-3/h7-11,18H,4-6H2,1-3H3. The number of benzene rings is 1. The number of anilines is 2. The predicted molar refractivity (Wildman–Crippen MR) is 95.8 cm³/mol. The Hall–Kier alpha value is -1.46. The third kappa shape index (κ3) is 4.27. The largest absolute Gasteiger partial charge is 0.465 e. The molecule has 2 aromatic rings. The summed E-state index contributed by atoms with van der Waals surface area (Å²) >= 11 is 3.08. The van der Waals surface area contributed by atoms with Gasteiger partial charge in [-0.2, -0.15) is 0 Å². The minimum Gasteiger partial charge on any atom is -0.465 e. The van der Waals surface area contributed by atoms with Crippen LogP contribution in [0, 0.1) is 0 Å². The lowest BCUT2D eigenvalue weighted by Crippen LogP contribution is -1.97. The highest BCUT2D eigenvalue weighted by atomic mass is 32.2. The smallest absolute Gasteiger partial charge is 0.348 e. The van der Waals surface area contributed by atoms with Crippen molar-refractivity contribution in [3.63, 3.8) is 0 Å². The quantitative estimate of drug-likeness (QED) is 0.547. The molecule has 1 aromatic heterocycles. The summed E-state index contributed by atoms with van der Waals surface area (Å²) < 4.78 is 5.87. The summed E-state index contributed by atoms with van der Waals surface area (Å²) in [4.78, 5) is 12.3. The van der Waals surface area contributed by atoms with E-state index in [1.54, 1.807) is 11.8 Å². The molecule has 118 valence electrons. The van der Waals surface area contributed by atoms with Gasteiger partial charge in [-0.3, -0.25) is 0 Å². The van der Waals surface area contributed by atoms with Crippen molar-refractivity contribution >= 4 is 40.4 Å². The van der Waals surface area contributed by atoms with Gasteiger partial charge in [0.1, 0.15) is 4.88 Å². The number of carbonyl (C=O) groups is 1. The molecule has 0 amide bonds. The molecule has 0 bridgehead atoms. The minimum absolute atomic E-state index is 0.289. The van der Waals surface area contributed by atoms with Crippen LogP contribution in [0.4, 0.5) is 11.4 Å². The lowest BCUT2D eigenvalue weighted by Gasteiger charge is -2.07. The Kier molecular flexibility index (Phi) is 6.34. The molecule has 0 fully saturated rings. The van der Waals surface area contributed by atoms with E-state index in [0.29, 0.717) is 4.88 Å². The zero-order chi connectivity index (χ0) is 15.9. The van der Waals surface area contributed by atoms with Gasteiger partial charge in [-0.25, -0.2) is 4.79 Å². The molecule has 0 saturated carbocycles. The lowest BCUT2D eigenvalue weighted by molar-refractivity contribution is 0.0606. The number of ether oxygens (including phenoxy) is 1. The van der Waals surface area contributed by atoms with E-state index >= 15 is 0 Å². The number of methoxy groups -OCH3 is 1. The Morgan fingerprint density at radius 1 is 1.32 bits per heavy atom. The molecule has 1 aromatic carbocycles. The van der Waals surface area contributed by atoms with E-state index in [-0.39, 0.29) is 5.97 Å². The van der Waals surface area contributed by atoms with Crippen LogP contribution in [0.15, 0.2) is 34.5 Å². The molecule has 0 atom stereocenters. The zero-order valence-electron chi connectivity index (χ0n) is 13.1. The first kappa shape index (κ1) is 16.9. The van der Waals surface area contributed by atoms with E-state index in [0.717, 1.165) is 22.0 Å². The molecule has 0 spiro atoms.